The number of carbonyl (C=O) groups excluding carboxylic acids is 2. The first-order valence-electron chi connectivity index (χ1n) is 14.2. The van der Waals surface area contributed by atoms with Crippen molar-refractivity contribution in [2.24, 2.45) is 5.10 Å². The third-order valence-electron chi connectivity index (χ3n) is 7.23. The summed E-state index contributed by atoms with van der Waals surface area (Å²) in [5.41, 5.74) is 7.75. The maximum absolute atomic E-state index is 12.7. The van der Waals surface area contributed by atoms with E-state index in [1.807, 2.05) is 84.9 Å². The minimum Gasteiger partial charge on any atom is -0.489 e. The van der Waals surface area contributed by atoms with E-state index in [9.17, 15) is 14.9 Å². The van der Waals surface area contributed by atoms with E-state index >= 15 is 0 Å². The summed E-state index contributed by atoms with van der Waals surface area (Å²) in [6.45, 7) is 0.459. The molecule has 10 heteroatoms. The molecule has 0 saturated heterocycles. The zero-order chi connectivity index (χ0) is 30.3. The summed E-state index contributed by atoms with van der Waals surface area (Å²) < 4.78 is 7.66. The Morgan fingerprint density at radius 1 is 0.977 bits per heavy atom. The predicted molar refractivity (Wildman–Crippen MR) is 170 cm³/mol. The second kappa shape index (κ2) is 13.2. The molecule has 44 heavy (non-hydrogen) atoms. The van der Waals surface area contributed by atoms with Crippen LogP contribution in [0.3, 0.4) is 0 Å². The van der Waals surface area contributed by atoms with E-state index in [1.54, 1.807) is 10.9 Å². The van der Waals surface area contributed by atoms with Gasteiger partial charge in [-0.2, -0.15) is 15.5 Å². The number of fused-ring (bicyclic) bond motifs is 1. The minimum atomic E-state index is -0.937. The second-order valence-corrected chi connectivity index (χ2v) is 11.3. The van der Waals surface area contributed by atoms with Crippen molar-refractivity contribution >= 4 is 34.4 Å². The van der Waals surface area contributed by atoms with Crippen molar-refractivity contribution in [2.45, 2.75) is 32.3 Å². The number of aromatic nitrogens is 2. The summed E-state index contributed by atoms with van der Waals surface area (Å²) in [5.74, 6) is -1.10. The Labute approximate surface area is 258 Å². The van der Waals surface area contributed by atoms with Crippen molar-refractivity contribution in [3.05, 3.63) is 118 Å². The van der Waals surface area contributed by atoms with Crippen molar-refractivity contribution in [3.63, 3.8) is 0 Å². The number of anilines is 1. The lowest BCUT2D eigenvalue weighted by Gasteiger charge is -2.09. The lowest BCUT2D eigenvalue weighted by Crippen LogP contribution is -2.32. The van der Waals surface area contributed by atoms with E-state index in [0.717, 1.165) is 58.7 Å². The standard InChI is InChI=1S/C34H28N6O3S/c35-19-29-28-13-7-8-14-30(28)44-34(29)37-32(41)33(42)38-36-20-25-21-40(26-11-5-2-6-12-26)39-31(25)24-15-17-27(18-16-24)43-22-23-9-3-1-4-10-23/h1-6,9-12,15-18,20-21H,7-8,13-14,22H2,(H,37,41)(H,38,42). The fourth-order valence-corrected chi connectivity index (χ4v) is 6.25. The van der Waals surface area contributed by atoms with Crippen LogP contribution in [0.4, 0.5) is 5.00 Å². The Hall–Kier alpha value is -5.53. The van der Waals surface area contributed by atoms with Gasteiger partial charge in [0.25, 0.3) is 0 Å². The SMILES string of the molecule is N#Cc1c(NC(=O)C(=O)NN=Cc2cn(-c3ccccc3)nc2-c2ccc(OCc3ccccc3)cc2)sc2c1CCCC2. The molecule has 0 saturated carbocycles. The molecule has 9 nitrogen and oxygen atoms in total. The van der Waals surface area contributed by atoms with Gasteiger partial charge in [0.1, 0.15) is 29.1 Å². The normalized spacial score (nSPS) is 12.3. The van der Waals surface area contributed by atoms with Crippen molar-refractivity contribution in [1.82, 2.24) is 15.2 Å². The van der Waals surface area contributed by atoms with Crippen LogP contribution in [0.25, 0.3) is 16.9 Å². The number of para-hydroxylation sites is 1. The lowest BCUT2D eigenvalue weighted by atomic mass is 9.96. The number of ether oxygens (including phenoxy) is 1. The number of hydrogen-bond acceptors (Lipinski definition) is 7. The molecule has 5 aromatic rings. The summed E-state index contributed by atoms with van der Waals surface area (Å²) >= 11 is 1.36. The number of hydrogen-bond donors (Lipinski definition) is 2. The van der Waals surface area contributed by atoms with Crippen LogP contribution in [-0.2, 0) is 29.0 Å². The van der Waals surface area contributed by atoms with E-state index in [-0.39, 0.29) is 0 Å². The average Bonchev–Trinajstić information content (AvgIpc) is 3.66. The van der Waals surface area contributed by atoms with Crippen LogP contribution in [0, 0.1) is 11.3 Å². The number of thiophene rings is 1. The maximum atomic E-state index is 12.7. The Kier molecular flexibility index (Phi) is 8.57. The van der Waals surface area contributed by atoms with E-state index in [1.165, 1.54) is 17.6 Å². The molecule has 6 rings (SSSR count). The summed E-state index contributed by atoms with van der Waals surface area (Å²) in [5, 5.41) is 21.5. The highest BCUT2D eigenvalue weighted by Crippen LogP contribution is 2.37. The van der Waals surface area contributed by atoms with Crippen LogP contribution in [-0.4, -0.2) is 27.8 Å². The summed E-state index contributed by atoms with van der Waals surface area (Å²) in [6, 6.07) is 29.3. The number of carbonyl (C=O) groups is 2. The second-order valence-electron chi connectivity index (χ2n) is 10.2. The number of hydrazone groups is 1. The molecule has 0 unspecified atom stereocenters. The largest absolute Gasteiger partial charge is 0.489 e. The number of aryl methyl sites for hydroxylation is 1. The van der Waals surface area contributed by atoms with Gasteiger partial charge in [0.05, 0.1) is 17.5 Å². The highest BCUT2D eigenvalue weighted by Gasteiger charge is 2.23. The fourth-order valence-electron chi connectivity index (χ4n) is 5.01. The summed E-state index contributed by atoms with van der Waals surface area (Å²) in [6.07, 6.45) is 7.01. The zero-order valence-corrected chi connectivity index (χ0v) is 24.5. The van der Waals surface area contributed by atoms with Crippen LogP contribution < -0.4 is 15.5 Å². The zero-order valence-electron chi connectivity index (χ0n) is 23.7. The molecule has 0 aliphatic heterocycles. The van der Waals surface area contributed by atoms with Crippen LogP contribution in [0.15, 0.2) is 96.2 Å². The van der Waals surface area contributed by atoms with Crippen LogP contribution in [0.2, 0.25) is 0 Å². The highest BCUT2D eigenvalue weighted by molar-refractivity contribution is 7.16. The summed E-state index contributed by atoms with van der Waals surface area (Å²) in [4.78, 5) is 26.4. The molecule has 218 valence electrons. The summed E-state index contributed by atoms with van der Waals surface area (Å²) in [7, 11) is 0. The first kappa shape index (κ1) is 28.6. The molecule has 1 aliphatic carbocycles. The topological polar surface area (TPSA) is 121 Å². The number of benzene rings is 3. The lowest BCUT2D eigenvalue weighted by molar-refractivity contribution is -0.136. The van der Waals surface area contributed by atoms with Crippen molar-refractivity contribution in [3.8, 4) is 28.8 Å². The molecule has 0 bridgehead atoms. The minimum absolute atomic E-state index is 0.408. The monoisotopic (exact) mass is 600 g/mol. The van der Waals surface area contributed by atoms with Gasteiger partial charge in [-0.15, -0.1) is 11.3 Å². The van der Waals surface area contributed by atoms with E-state index in [4.69, 9.17) is 9.84 Å². The molecule has 0 radical (unpaired) electrons. The molecule has 2 amide bonds. The van der Waals surface area contributed by atoms with Gasteiger partial charge in [0.15, 0.2) is 0 Å². The Bertz CT molecular complexity index is 1850. The number of nitrogens with one attached hydrogen (secondary N) is 2. The van der Waals surface area contributed by atoms with Gasteiger partial charge in [-0.25, -0.2) is 10.1 Å². The molecule has 2 aromatic heterocycles. The van der Waals surface area contributed by atoms with Crippen LogP contribution in [0.1, 0.15) is 40.0 Å². The van der Waals surface area contributed by atoms with Gasteiger partial charge in [0.2, 0.25) is 0 Å². The smallest absolute Gasteiger partial charge is 0.329 e. The Balaban J connectivity index is 1.17. The Morgan fingerprint density at radius 3 is 2.45 bits per heavy atom. The molecule has 2 heterocycles. The van der Waals surface area contributed by atoms with Crippen LogP contribution >= 0.6 is 11.3 Å². The Morgan fingerprint density at radius 2 is 1.70 bits per heavy atom. The quantitative estimate of drug-likeness (QED) is 0.128. The molecule has 1 aliphatic rings. The van der Waals surface area contributed by atoms with Crippen molar-refractivity contribution < 1.29 is 14.3 Å². The molecule has 3 aromatic carbocycles. The molecule has 0 spiro atoms. The van der Waals surface area contributed by atoms with Gasteiger partial charge in [0, 0.05) is 22.2 Å². The van der Waals surface area contributed by atoms with E-state index in [2.05, 4.69) is 21.9 Å². The molecule has 0 atom stereocenters. The average molecular weight is 601 g/mol. The van der Waals surface area contributed by atoms with Gasteiger partial charge in [-0.3, -0.25) is 9.59 Å². The van der Waals surface area contributed by atoms with Gasteiger partial charge in [-0.1, -0.05) is 48.5 Å². The van der Waals surface area contributed by atoms with E-state index in [0.29, 0.717) is 28.4 Å². The first-order valence-corrected chi connectivity index (χ1v) is 15.0. The predicted octanol–water partition coefficient (Wildman–Crippen LogP) is 6.02. The van der Waals surface area contributed by atoms with Crippen molar-refractivity contribution in [2.75, 3.05) is 5.32 Å². The molecular weight excluding hydrogens is 572 g/mol. The number of amides is 2. The first-order chi connectivity index (χ1) is 21.6. The van der Waals surface area contributed by atoms with Crippen LogP contribution in [0.5, 0.6) is 5.75 Å². The number of nitriles is 1. The van der Waals surface area contributed by atoms with Gasteiger partial charge in [-0.05, 0) is 73.2 Å². The van der Waals surface area contributed by atoms with Gasteiger partial charge < -0.3 is 10.1 Å². The molecular formula is C34H28N6O3S. The third-order valence-corrected chi connectivity index (χ3v) is 8.43. The third kappa shape index (κ3) is 6.43. The fraction of sp³-hybridized carbons (Fsp3) is 0.147. The molecule has 2 N–H and O–H groups in total. The van der Waals surface area contributed by atoms with Crippen molar-refractivity contribution in [1.29, 1.82) is 5.26 Å². The maximum Gasteiger partial charge on any atom is 0.329 e. The number of rotatable bonds is 8. The number of nitrogens with zero attached hydrogens (tertiary/aromatic N) is 4. The van der Waals surface area contributed by atoms with Gasteiger partial charge >= 0.3 is 11.8 Å². The molecule has 0 fully saturated rings. The van der Waals surface area contributed by atoms with E-state index < -0.39 is 11.8 Å². The highest BCUT2D eigenvalue weighted by atomic mass is 32.1.